The zero-order chi connectivity index (χ0) is 26.7. The number of primary amides is 1. The highest BCUT2D eigenvalue weighted by atomic mass is 16.5. The van der Waals surface area contributed by atoms with E-state index < -0.39 is 5.97 Å². The number of ether oxygens (including phenoxy) is 1. The van der Waals surface area contributed by atoms with Crippen LogP contribution in [0.4, 0.5) is 0 Å². The highest BCUT2D eigenvalue weighted by molar-refractivity contribution is 5.73. The van der Waals surface area contributed by atoms with Gasteiger partial charge in [-0.1, -0.05) is 84.0 Å². The van der Waals surface area contributed by atoms with Crippen molar-refractivity contribution in [2.24, 2.45) is 5.73 Å². The summed E-state index contributed by atoms with van der Waals surface area (Å²) in [4.78, 5) is 35.9. The number of carbonyl (C=O) groups excluding carboxylic acids is 2. The maximum Gasteiger partial charge on any atom is 0.305 e. The maximum atomic E-state index is 11.9. The zero-order valence-electron chi connectivity index (χ0n) is 23.3. The van der Waals surface area contributed by atoms with Gasteiger partial charge in [0.05, 0.1) is 6.61 Å². The molecule has 0 aromatic carbocycles. The van der Waals surface area contributed by atoms with E-state index in [1.165, 1.54) is 32.1 Å². The molecule has 0 rings (SSSR count). The van der Waals surface area contributed by atoms with Crippen molar-refractivity contribution in [1.82, 2.24) is 4.90 Å². The molecule has 7 heteroatoms. The molecule has 0 spiro atoms. The van der Waals surface area contributed by atoms with Gasteiger partial charge in [-0.15, -0.1) is 0 Å². The van der Waals surface area contributed by atoms with Crippen molar-refractivity contribution in [3.63, 3.8) is 0 Å². The summed E-state index contributed by atoms with van der Waals surface area (Å²) in [6.45, 7) is 5.73. The first-order valence-electron chi connectivity index (χ1n) is 14.8. The van der Waals surface area contributed by atoms with Crippen LogP contribution in [-0.4, -0.2) is 54.1 Å². The number of hydrogen-bond acceptors (Lipinski definition) is 5. The Morgan fingerprint density at radius 3 is 1.64 bits per heavy atom. The fourth-order valence-corrected chi connectivity index (χ4v) is 4.41. The van der Waals surface area contributed by atoms with Crippen molar-refractivity contribution in [1.29, 1.82) is 0 Å². The molecule has 1 amide bonds. The van der Waals surface area contributed by atoms with Gasteiger partial charge in [-0.05, 0) is 58.2 Å². The average molecular weight is 513 g/mol. The van der Waals surface area contributed by atoms with Crippen LogP contribution in [0.1, 0.15) is 142 Å². The average Bonchev–Trinajstić information content (AvgIpc) is 2.83. The molecule has 0 bridgehead atoms. The predicted octanol–water partition coefficient (Wildman–Crippen LogP) is 6.61. The van der Waals surface area contributed by atoms with E-state index in [0.717, 1.165) is 103 Å². The van der Waals surface area contributed by atoms with Crippen LogP contribution >= 0.6 is 0 Å². The summed E-state index contributed by atoms with van der Waals surface area (Å²) < 4.78 is 5.36. The fraction of sp³-hybridized carbons (Fsp3) is 0.897. The maximum absolute atomic E-state index is 11.9. The standard InChI is InChI=1S/C29H56N2O5/c1-2-3-4-5-6-13-18-26-36-29(35)22-15-10-8-12-17-24-31(25-19-20-27(30)32)23-16-11-7-9-14-21-28(33)34/h2-26H2,1H3,(H2,30,32)(H,33,34). The summed E-state index contributed by atoms with van der Waals surface area (Å²) in [6.07, 6.45) is 21.0. The molecule has 0 unspecified atom stereocenters. The molecule has 0 aromatic rings. The van der Waals surface area contributed by atoms with Crippen LogP contribution in [-0.2, 0) is 19.1 Å². The molecule has 36 heavy (non-hydrogen) atoms. The lowest BCUT2D eigenvalue weighted by Crippen LogP contribution is -2.28. The third-order valence-corrected chi connectivity index (χ3v) is 6.63. The van der Waals surface area contributed by atoms with Gasteiger partial charge < -0.3 is 20.5 Å². The summed E-state index contributed by atoms with van der Waals surface area (Å²) in [5, 5.41) is 8.70. The molecule has 0 atom stereocenters. The Balaban J connectivity index is 3.76. The van der Waals surface area contributed by atoms with Crippen LogP contribution in [0.2, 0.25) is 0 Å². The molecule has 0 aliphatic carbocycles. The van der Waals surface area contributed by atoms with Gasteiger partial charge in [0.2, 0.25) is 5.91 Å². The highest BCUT2D eigenvalue weighted by Gasteiger charge is 2.07. The number of carboxylic acid groups (broad SMARTS) is 1. The SMILES string of the molecule is CCCCCCCCCOC(=O)CCCCCCCN(CCCCCCCC(=O)O)CCCC(N)=O. The first-order valence-corrected chi connectivity index (χ1v) is 14.8. The number of hydrogen-bond donors (Lipinski definition) is 2. The van der Waals surface area contributed by atoms with Crippen molar-refractivity contribution in [3.8, 4) is 0 Å². The van der Waals surface area contributed by atoms with E-state index in [1.54, 1.807) is 0 Å². The molecule has 0 heterocycles. The van der Waals surface area contributed by atoms with Gasteiger partial charge in [0.25, 0.3) is 0 Å². The van der Waals surface area contributed by atoms with E-state index in [9.17, 15) is 14.4 Å². The number of carboxylic acids is 1. The van der Waals surface area contributed by atoms with E-state index in [1.807, 2.05) is 0 Å². The lowest BCUT2D eigenvalue weighted by atomic mass is 10.1. The van der Waals surface area contributed by atoms with Gasteiger partial charge in [-0.25, -0.2) is 0 Å². The van der Waals surface area contributed by atoms with Crippen LogP contribution in [0, 0.1) is 0 Å². The number of esters is 1. The Morgan fingerprint density at radius 1 is 0.611 bits per heavy atom. The topological polar surface area (TPSA) is 110 Å². The minimum Gasteiger partial charge on any atom is -0.481 e. The summed E-state index contributed by atoms with van der Waals surface area (Å²) in [5.41, 5.74) is 5.29. The number of nitrogens with zero attached hydrogens (tertiary/aromatic N) is 1. The molecule has 3 N–H and O–H groups in total. The van der Waals surface area contributed by atoms with Crippen molar-refractivity contribution in [2.75, 3.05) is 26.2 Å². The number of aliphatic carboxylic acids is 1. The Labute approximate surface area is 220 Å². The van der Waals surface area contributed by atoms with Gasteiger partial charge in [-0.3, -0.25) is 14.4 Å². The largest absolute Gasteiger partial charge is 0.481 e. The molecule has 0 fully saturated rings. The van der Waals surface area contributed by atoms with Crippen LogP contribution < -0.4 is 5.73 Å². The normalized spacial score (nSPS) is 11.2. The highest BCUT2D eigenvalue weighted by Crippen LogP contribution is 2.11. The van der Waals surface area contributed by atoms with E-state index in [2.05, 4.69) is 11.8 Å². The number of carbonyl (C=O) groups is 3. The molecule has 7 nitrogen and oxygen atoms in total. The van der Waals surface area contributed by atoms with Crippen molar-refractivity contribution in [3.05, 3.63) is 0 Å². The number of amides is 1. The Hall–Kier alpha value is -1.63. The van der Waals surface area contributed by atoms with Crippen LogP contribution in [0.3, 0.4) is 0 Å². The molecule has 0 aromatic heterocycles. The smallest absolute Gasteiger partial charge is 0.305 e. The van der Waals surface area contributed by atoms with Gasteiger partial charge >= 0.3 is 11.9 Å². The van der Waals surface area contributed by atoms with E-state index in [-0.39, 0.29) is 18.3 Å². The van der Waals surface area contributed by atoms with Gasteiger partial charge in [0.15, 0.2) is 0 Å². The van der Waals surface area contributed by atoms with E-state index in [4.69, 9.17) is 15.6 Å². The molecule has 212 valence electrons. The second-order valence-electron chi connectivity index (χ2n) is 10.2. The quantitative estimate of drug-likeness (QED) is 0.0901. The van der Waals surface area contributed by atoms with Gasteiger partial charge in [-0.2, -0.15) is 0 Å². The summed E-state index contributed by atoms with van der Waals surface area (Å²) in [5.74, 6) is -1.01. The van der Waals surface area contributed by atoms with Crippen LogP contribution in [0.5, 0.6) is 0 Å². The summed E-state index contributed by atoms with van der Waals surface area (Å²) in [6, 6.07) is 0. The molecule has 0 radical (unpaired) electrons. The third-order valence-electron chi connectivity index (χ3n) is 6.63. The minimum absolute atomic E-state index is 0.0513. The van der Waals surface area contributed by atoms with Gasteiger partial charge in [0.1, 0.15) is 0 Å². The van der Waals surface area contributed by atoms with E-state index >= 15 is 0 Å². The molecule has 0 aliphatic rings. The third kappa shape index (κ3) is 27.0. The lowest BCUT2D eigenvalue weighted by molar-refractivity contribution is -0.144. The van der Waals surface area contributed by atoms with Gasteiger partial charge in [0, 0.05) is 19.3 Å². The van der Waals surface area contributed by atoms with Crippen LogP contribution in [0.25, 0.3) is 0 Å². The van der Waals surface area contributed by atoms with Crippen LogP contribution in [0.15, 0.2) is 0 Å². The van der Waals surface area contributed by atoms with Crippen molar-refractivity contribution in [2.45, 2.75) is 142 Å². The van der Waals surface area contributed by atoms with Crippen molar-refractivity contribution < 1.29 is 24.2 Å². The molecule has 0 saturated carbocycles. The van der Waals surface area contributed by atoms with E-state index in [0.29, 0.717) is 19.4 Å². The molecular formula is C29H56N2O5. The molecule has 0 saturated heterocycles. The number of rotatable bonds is 28. The lowest BCUT2D eigenvalue weighted by Gasteiger charge is -2.22. The second-order valence-corrected chi connectivity index (χ2v) is 10.2. The monoisotopic (exact) mass is 512 g/mol. The molecular weight excluding hydrogens is 456 g/mol. The second kappa shape index (κ2) is 26.4. The number of unbranched alkanes of at least 4 members (excludes halogenated alkanes) is 14. The minimum atomic E-state index is -0.714. The molecule has 0 aliphatic heterocycles. The summed E-state index contributed by atoms with van der Waals surface area (Å²) in [7, 11) is 0. The predicted molar refractivity (Wildman–Crippen MR) is 147 cm³/mol. The Kier molecular flexibility index (Phi) is 25.2. The first kappa shape index (κ1) is 34.4. The zero-order valence-corrected chi connectivity index (χ0v) is 23.3. The fourth-order valence-electron chi connectivity index (χ4n) is 4.41. The summed E-state index contributed by atoms with van der Waals surface area (Å²) >= 11 is 0. The van der Waals surface area contributed by atoms with Crippen molar-refractivity contribution >= 4 is 17.8 Å². The number of nitrogens with two attached hydrogens (primary N) is 1. The Bertz CT molecular complexity index is 542. The first-order chi connectivity index (χ1) is 17.5. The Morgan fingerprint density at radius 2 is 1.08 bits per heavy atom.